The molecule has 2 N–H and O–H groups in total. The van der Waals surface area contributed by atoms with Crippen LogP contribution in [0, 0.1) is 11.3 Å². The topological polar surface area (TPSA) is 50.4 Å². The van der Waals surface area contributed by atoms with Gasteiger partial charge in [0.25, 0.3) is 0 Å². The standard InChI is InChI=1S/C16H30N2O2/c1-15(2,3)20-14(19)18-12-16(7-9-17-10-8-16)11-13-5-4-6-13/h13,17H,4-12H2,1-3H3,(H,18,19). The highest BCUT2D eigenvalue weighted by Gasteiger charge is 2.36. The van der Waals surface area contributed by atoms with Gasteiger partial charge in [-0.25, -0.2) is 4.79 Å². The Bertz CT molecular complexity index is 326. The molecule has 0 aromatic heterocycles. The van der Waals surface area contributed by atoms with E-state index in [9.17, 15) is 4.79 Å². The first-order valence-corrected chi connectivity index (χ1v) is 8.06. The van der Waals surface area contributed by atoms with Gasteiger partial charge >= 0.3 is 6.09 Å². The number of amides is 1. The zero-order chi connectivity index (χ0) is 14.6. The quantitative estimate of drug-likeness (QED) is 0.833. The predicted molar refractivity (Wildman–Crippen MR) is 80.7 cm³/mol. The van der Waals surface area contributed by atoms with Gasteiger partial charge in [0.05, 0.1) is 0 Å². The smallest absolute Gasteiger partial charge is 0.407 e. The Morgan fingerprint density at radius 1 is 1.30 bits per heavy atom. The highest BCUT2D eigenvalue weighted by molar-refractivity contribution is 5.67. The summed E-state index contributed by atoms with van der Waals surface area (Å²) in [5.41, 5.74) is -0.132. The third kappa shape index (κ3) is 4.65. The molecule has 4 nitrogen and oxygen atoms in total. The number of alkyl carbamates (subject to hydrolysis) is 1. The maximum atomic E-state index is 11.9. The number of nitrogens with one attached hydrogen (secondary N) is 2. The molecule has 0 unspecified atom stereocenters. The molecule has 0 aromatic rings. The number of ether oxygens (including phenoxy) is 1. The molecule has 0 spiro atoms. The Morgan fingerprint density at radius 3 is 2.45 bits per heavy atom. The fourth-order valence-corrected chi connectivity index (χ4v) is 3.29. The molecular weight excluding hydrogens is 252 g/mol. The van der Waals surface area contributed by atoms with Gasteiger partial charge in [0, 0.05) is 6.54 Å². The molecule has 1 saturated carbocycles. The van der Waals surface area contributed by atoms with Crippen LogP contribution in [0.2, 0.25) is 0 Å². The summed E-state index contributed by atoms with van der Waals surface area (Å²) in [6.45, 7) is 8.62. The van der Waals surface area contributed by atoms with E-state index in [0.29, 0.717) is 0 Å². The van der Waals surface area contributed by atoms with E-state index in [4.69, 9.17) is 4.74 Å². The van der Waals surface area contributed by atoms with Crippen LogP contribution in [0.3, 0.4) is 0 Å². The monoisotopic (exact) mass is 282 g/mol. The molecule has 1 aliphatic carbocycles. The summed E-state index contributed by atoms with van der Waals surface area (Å²) in [6, 6.07) is 0. The van der Waals surface area contributed by atoms with Gasteiger partial charge in [-0.15, -0.1) is 0 Å². The van der Waals surface area contributed by atoms with Gasteiger partial charge in [0.2, 0.25) is 0 Å². The zero-order valence-corrected chi connectivity index (χ0v) is 13.3. The van der Waals surface area contributed by atoms with Crippen molar-refractivity contribution in [2.45, 2.75) is 64.9 Å². The Balaban J connectivity index is 1.85. The highest BCUT2D eigenvalue weighted by atomic mass is 16.6. The summed E-state index contributed by atoms with van der Waals surface area (Å²) in [5.74, 6) is 0.883. The van der Waals surface area contributed by atoms with E-state index >= 15 is 0 Å². The second-order valence-corrected chi connectivity index (χ2v) is 7.61. The van der Waals surface area contributed by atoms with Crippen LogP contribution in [0.15, 0.2) is 0 Å². The molecule has 1 heterocycles. The molecule has 0 atom stereocenters. The van der Waals surface area contributed by atoms with Crippen LogP contribution in [0.5, 0.6) is 0 Å². The molecule has 0 radical (unpaired) electrons. The van der Waals surface area contributed by atoms with E-state index in [1.165, 1.54) is 38.5 Å². The van der Waals surface area contributed by atoms with Crippen molar-refractivity contribution in [3.63, 3.8) is 0 Å². The van der Waals surface area contributed by atoms with Crippen LogP contribution in [0.25, 0.3) is 0 Å². The number of carbonyl (C=O) groups excluding carboxylic acids is 1. The third-order valence-corrected chi connectivity index (χ3v) is 4.62. The average molecular weight is 282 g/mol. The van der Waals surface area contributed by atoms with Gasteiger partial charge in [0.1, 0.15) is 5.60 Å². The molecule has 1 aliphatic heterocycles. The van der Waals surface area contributed by atoms with Crippen LogP contribution in [0.4, 0.5) is 4.79 Å². The first-order chi connectivity index (χ1) is 9.39. The van der Waals surface area contributed by atoms with Crippen LogP contribution >= 0.6 is 0 Å². The Kier molecular flexibility index (Phi) is 4.95. The van der Waals surface area contributed by atoms with Crippen molar-refractivity contribution in [1.29, 1.82) is 0 Å². The summed E-state index contributed by atoms with van der Waals surface area (Å²) >= 11 is 0. The second kappa shape index (κ2) is 6.33. The van der Waals surface area contributed by atoms with E-state index in [-0.39, 0.29) is 11.5 Å². The maximum absolute atomic E-state index is 11.9. The molecule has 2 aliphatic rings. The van der Waals surface area contributed by atoms with Gasteiger partial charge in [-0.2, -0.15) is 0 Å². The second-order valence-electron chi connectivity index (χ2n) is 7.61. The van der Waals surface area contributed by atoms with Crippen molar-refractivity contribution < 1.29 is 9.53 Å². The van der Waals surface area contributed by atoms with Gasteiger partial charge < -0.3 is 15.4 Å². The number of hydrogen-bond donors (Lipinski definition) is 2. The van der Waals surface area contributed by atoms with E-state index in [1.807, 2.05) is 20.8 Å². The molecule has 20 heavy (non-hydrogen) atoms. The van der Waals surface area contributed by atoms with Crippen LogP contribution < -0.4 is 10.6 Å². The number of hydrogen-bond acceptors (Lipinski definition) is 3. The number of piperidine rings is 1. The average Bonchev–Trinajstić information content (AvgIpc) is 2.31. The summed E-state index contributed by atoms with van der Waals surface area (Å²) in [5, 5.41) is 6.45. The predicted octanol–water partition coefficient (Wildman–Crippen LogP) is 3.07. The molecule has 1 saturated heterocycles. The Morgan fingerprint density at radius 2 is 1.95 bits per heavy atom. The largest absolute Gasteiger partial charge is 0.444 e. The molecule has 4 heteroatoms. The minimum absolute atomic E-state index is 0.274. The van der Waals surface area contributed by atoms with Crippen LogP contribution in [-0.4, -0.2) is 31.3 Å². The van der Waals surface area contributed by atoms with Gasteiger partial charge in [0.15, 0.2) is 0 Å². The maximum Gasteiger partial charge on any atom is 0.407 e. The van der Waals surface area contributed by atoms with Crippen LogP contribution in [0.1, 0.15) is 59.3 Å². The SMILES string of the molecule is CC(C)(C)OC(=O)NCC1(CC2CCC2)CCNCC1. The molecule has 1 amide bonds. The molecule has 116 valence electrons. The highest BCUT2D eigenvalue weighted by Crippen LogP contribution is 2.42. The number of carbonyl (C=O) groups is 1. The first kappa shape index (κ1) is 15.6. The third-order valence-electron chi connectivity index (χ3n) is 4.62. The van der Waals surface area contributed by atoms with E-state index < -0.39 is 5.60 Å². The first-order valence-electron chi connectivity index (χ1n) is 8.06. The van der Waals surface area contributed by atoms with E-state index in [0.717, 1.165) is 25.6 Å². The Hall–Kier alpha value is -0.770. The van der Waals surface area contributed by atoms with Gasteiger partial charge in [-0.1, -0.05) is 19.3 Å². The summed E-state index contributed by atoms with van der Waals surface area (Å²) in [7, 11) is 0. The summed E-state index contributed by atoms with van der Waals surface area (Å²) in [4.78, 5) is 11.9. The fourth-order valence-electron chi connectivity index (χ4n) is 3.29. The van der Waals surface area contributed by atoms with Gasteiger partial charge in [-0.3, -0.25) is 0 Å². The Labute approximate surface area is 123 Å². The van der Waals surface area contributed by atoms with Crippen LogP contribution in [-0.2, 0) is 4.74 Å². The molecular formula is C16H30N2O2. The van der Waals surface area contributed by atoms with E-state index in [1.54, 1.807) is 0 Å². The lowest BCUT2D eigenvalue weighted by atomic mass is 9.67. The lowest BCUT2D eigenvalue weighted by Gasteiger charge is -2.42. The molecule has 0 bridgehead atoms. The molecule has 2 rings (SSSR count). The molecule has 0 aromatic carbocycles. The summed E-state index contributed by atoms with van der Waals surface area (Å²) in [6.07, 6.45) is 7.47. The lowest BCUT2D eigenvalue weighted by molar-refractivity contribution is 0.0454. The van der Waals surface area contributed by atoms with Crippen molar-refractivity contribution in [2.24, 2.45) is 11.3 Å². The molecule has 2 fully saturated rings. The van der Waals surface area contributed by atoms with Crippen molar-refractivity contribution >= 4 is 6.09 Å². The van der Waals surface area contributed by atoms with E-state index in [2.05, 4.69) is 10.6 Å². The number of rotatable bonds is 4. The van der Waals surface area contributed by atoms with Crippen molar-refractivity contribution in [3.05, 3.63) is 0 Å². The van der Waals surface area contributed by atoms with Crippen molar-refractivity contribution in [1.82, 2.24) is 10.6 Å². The summed E-state index contributed by atoms with van der Waals surface area (Å²) < 4.78 is 5.35. The lowest BCUT2D eigenvalue weighted by Crippen LogP contribution is -2.47. The minimum atomic E-state index is -0.417. The fraction of sp³-hybridized carbons (Fsp3) is 0.938. The zero-order valence-electron chi connectivity index (χ0n) is 13.3. The van der Waals surface area contributed by atoms with Crippen molar-refractivity contribution in [2.75, 3.05) is 19.6 Å². The minimum Gasteiger partial charge on any atom is -0.444 e. The van der Waals surface area contributed by atoms with Gasteiger partial charge in [-0.05, 0) is 64.5 Å². The normalized spacial score (nSPS) is 22.9. The van der Waals surface area contributed by atoms with Crippen molar-refractivity contribution in [3.8, 4) is 0 Å².